The third-order valence-corrected chi connectivity index (χ3v) is 7.19. The minimum atomic E-state index is -0.424. The van der Waals surface area contributed by atoms with Crippen molar-refractivity contribution in [2.24, 2.45) is 0 Å². The summed E-state index contributed by atoms with van der Waals surface area (Å²) in [4.78, 5) is 41.1. The topological polar surface area (TPSA) is 71.9 Å². The highest BCUT2D eigenvalue weighted by molar-refractivity contribution is 8.18. The van der Waals surface area contributed by atoms with E-state index in [4.69, 9.17) is 4.74 Å². The summed E-state index contributed by atoms with van der Waals surface area (Å²) in [6.07, 6.45) is 1.75. The van der Waals surface area contributed by atoms with E-state index in [1.807, 2.05) is 32.0 Å². The molecule has 2 aliphatic heterocycles. The van der Waals surface area contributed by atoms with Gasteiger partial charge in [-0.15, -0.1) is 0 Å². The van der Waals surface area contributed by atoms with Gasteiger partial charge in [-0.05, 0) is 66.2 Å². The zero-order valence-corrected chi connectivity index (χ0v) is 19.9. The molecular formula is C26H25N3O4S. The maximum atomic E-state index is 13.0. The number of hydrogen-bond donors (Lipinski definition) is 0. The van der Waals surface area contributed by atoms with Crippen molar-refractivity contribution in [2.45, 2.75) is 13.8 Å². The van der Waals surface area contributed by atoms with Gasteiger partial charge in [0.1, 0.15) is 6.54 Å². The van der Waals surface area contributed by atoms with Gasteiger partial charge in [-0.3, -0.25) is 19.3 Å². The standard InChI is InChI=1S/C26H25N3O4S/c1-17-13-21(18(2)29(17)22-8-7-19-5-3-4-6-20(19)14-22)15-23-25(31)28(26(32)34-23)16-24(30)27-9-11-33-12-10-27/h3-8,13-15H,9-12,16H2,1-2H3/b23-15+. The van der Waals surface area contributed by atoms with E-state index >= 15 is 0 Å². The normalized spacial score (nSPS) is 17.9. The Balaban J connectivity index is 1.39. The van der Waals surface area contributed by atoms with Gasteiger partial charge in [-0.2, -0.15) is 0 Å². The summed E-state index contributed by atoms with van der Waals surface area (Å²) in [6, 6.07) is 16.5. The molecule has 0 atom stereocenters. The molecule has 0 spiro atoms. The average Bonchev–Trinajstić information content (AvgIpc) is 3.28. The Morgan fingerprint density at radius 2 is 1.76 bits per heavy atom. The molecule has 0 bridgehead atoms. The van der Waals surface area contributed by atoms with E-state index in [0.717, 1.165) is 44.7 Å². The Kier molecular flexibility index (Phi) is 6.02. The third kappa shape index (κ3) is 4.15. The molecule has 2 fully saturated rings. The number of thioether (sulfide) groups is 1. The quantitative estimate of drug-likeness (QED) is 0.531. The average molecular weight is 476 g/mol. The number of fused-ring (bicyclic) bond motifs is 1. The summed E-state index contributed by atoms with van der Waals surface area (Å²) >= 11 is 0.881. The van der Waals surface area contributed by atoms with E-state index in [9.17, 15) is 14.4 Å². The van der Waals surface area contributed by atoms with Gasteiger partial charge in [0.25, 0.3) is 11.1 Å². The molecular weight excluding hydrogens is 450 g/mol. The van der Waals surface area contributed by atoms with Crippen LogP contribution in [0.25, 0.3) is 22.5 Å². The summed E-state index contributed by atoms with van der Waals surface area (Å²) in [6.45, 7) is 5.68. The Bertz CT molecular complexity index is 1340. The lowest BCUT2D eigenvalue weighted by Gasteiger charge is -2.28. The highest BCUT2D eigenvalue weighted by Gasteiger charge is 2.37. The third-order valence-electron chi connectivity index (χ3n) is 6.28. The second-order valence-electron chi connectivity index (χ2n) is 8.45. The number of aryl methyl sites for hydroxylation is 1. The molecule has 34 heavy (non-hydrogen) atoms. The van der Waals surface area contributed by atoms with Gasteiger partial charge >= 0.3 is 0 Å². The molecule has 0 aliphatic carbocycles. The molecule has 2 aliphatic rings. The minimum Gasteiger partial charge on any atom is -0.378 e. The van der Waals surface area contributed by atoms with Crippen molar-refractivity contribution in [2.75, 3.05) is 32.8 Å². The molecule has 0 saturated carbocycles. The lowest BCUT2D eigenvalue weighted by molar-refractivity contribution is -0.139. The summed E-state index contributed by atoms with van der Waals surface area (Å²) < 4.78 is 7.41. The van der Waals surface area contributed by atoms with Gasteiger partial charge in [0.15, 0.2) is 0 Å². The number of amides is 3. The molecule has 7 nitrogen and oxygen atoms in total. The van der Waals surface area contributed by atoms with Crippen LogP contribution in [0, 0.1) is 13.8 Å². The zero-order chi connectivity index (χ0) is 23.8. The van der Waals surface area contributed by atoms with Crippen LogP contribution < -0.4 is 0 Å². The minimum absolute atomic E-state index is 0.235. The molecule has 8 heteroatoms. The van der Waals surface area contributed by atoms with E-state index in [-0.39, 0.29) is 12.5 Å². The van der Waals surface area contributed by atoms with E-state index in [0.29, 0.717) is 31.2 Å². The van der Waals surface area contributed by atoms with Crippen molar-refractivity contribution in [3.05, 3.63) is 70.4 Å². The molecule has 1 aromatic heterocycles. The van der Waals surface area contributed by atoms with E-state index in [1.54, 1.807) is 11.0 Å². The first kappa shape index (κ1) is 22.4. The maximum Gasteiger partial charge on any atom is 0.294 e. The molecule has 0 radical (unpaired) electrons. The number of hydrogen-bond acceptors (Lipinski definition) is 5. The Hall–Kier alpha value is -3.36. The lowest BCUT2D eigenvalue weighted by Crippen LogP contribution is -2.46. The Labute approximate surface area is 202 Å². The highest BCUT2D eigenvalue weighted by Crippen LogP contribution is 2.34. The van der Waals surface area contributed by atoms with Crippen LogP contribution in [0.1, 0.15) is 17.0 Å². The first-order valence-corrected chi connectivity index (χ1v) is 12.0. The van der Waals surface area contributed by atoms with Crippen LogP contribution in [0.3, 0.4) is 0 Å². The largest absolute Gasteiger partial charge is 0.378 e. The summed E-state index contributed by atoms with van der Waals surface area (Å²) in [5.41, 5.74) is 3.91. The van der Waals surface area contributed by atoms with E-state index in [1.165, 1.54) is 5.39 Å². The number of aromatic nitrogens is 1. The Morgan fingerprint density at radius 3 is 2.53 bits per heavy atom. The monoisotopic (exact) mass is 475 g/mol. The zero-order valence-electron chi connectivity index (χ0n) is 19.1. The maximum absolute atomic E-state index is 13.0. The molecule has 3 amide bonds. The fourth-order valence-corrected chi connectivity index (χ4v) is 5.30. The fourth-order valence-electron chi connectivity index (χ4n) is 4.47. The summed E-state index contributed by atoms with van der Waals surface area (Å²) in [5.74, 6) is -0.659. The second kappa shape index (κ2) is 9.12. The van der Waals surface area contributed by atoms with Crippen LogP contribution in [-0.2, 0) is 14.3 Å². The summed E-state index contributed by atoms with van der Waals surface area (Å²) in [7, 11) is 0. The van der Waals surface area contributed by atoms with Gasteiger partial charge in [-0.25, -0.2) is 0 Å². The van der Waals surface area contributed by atoms with Crippen LogP contribution in [0.4, 0.5) is 4.79 Å². The van der Waals surface area contributed by atoms with Crippen molar-refractivity contribution >= 4 is 45.7 Å². The molecule has 0 unspecified atom stereocenters. The molecule has 3 heterocycles. The smallest absolute Gasteiger partial charge is 0.294 e. The van der Waals surface area contributed by atoms with Crippen molar-refractivity contribution in [3.8, 4) is 5.69 Å². The number of ether oxygens (including phenoxy) is 1. The highest BCUT2D eigenvalue weighted by atomic mass is 32.2. The van der Waals surface area contributed by atoms with Crippen molar-refractivity contribution < 1.29 is 19.1 Å². The van der Waals surface area contributed by atoms with Crippen LogP contribution in [0.2, 0.25) is 0 Å². The molecule has 0 N–H and O–H groups in total. The summed E-state index contributed by atoms with van der Waals surface area (Å²) in [5, 5.41) is 1.91. The second-order valence-corrected chi connectivity index (χ2v) is 9.45. The van der Waals surface area contributed by atoms with Gasteiger partial charge < -0.3 is 14.2 Å². The van der Waals surface area contributed by atoms with Crippen LogP contribution in [0.15, 0.2) is 53.4 Å². The predicted octanol–water partition coefficient (Wildman–Crippen LogP) is 4.14. The van der Waals surface area contributed by atoms with E-state index in [2.05, 4.69) is 34.9 Å². The number of benzene rings is 2. The molecule has 2 saturated heterocycles. The van der Waals surface area contributed by atoms with Gasteiger partial charge in [0.05, 0.1) is 18.1 Å². The number of carbonyl (C=O) groups excluding carboxylic acids is 3. The first-order valence-electron chi connectivity index (χ1n) is 11.2. The number of morpholine rings is 1. The lowest BCUT2D eigenvalue weighted by atomic mass is 10.1. The van der Waals surface area contributed by atoms with Crippen molar-refractivity contribution in [1.82, 2.24) is 14.4 Å². The van der Waals surface area contributed by atoms with Gasteiger partial charge in [-0.1, -0.05) is 30.3 Å². The molecule has 3 aromatic rings. The fraction of sp³-hybridized carbons (Fsp3) is 0.269. The number of imide groups is 1. The SMILES string of the molecule is Cc1cc(/C=C2/SC(=O)N(CC(=O)N3CCOCC3)C2=O)c(C)n1-c1ccc2ccccc2c1. The number of rotatable bonds is 4. The van der Waals surface area contributed by atoms with Crippen LogP contribution >= 0.6 is 11.8 Å². The first-order chi connectivity index (χ1) is 16.4. The van der Waals surface area contributed by atoms with Gasteiger partial charge in [0, 0.05) is 30.2 Å². The molecule has 174 valence electrons. The number of carbonyl (C=O) groups is 3. The van der Waals surface area contributed by atoms with Crippen molar-refractivity contribution in [3.63, 3.8) is 0 Å². The van der Waals surface area contributed by atoms with Crippen LogP contribution in [-0.4, -0.2) is 64.3 Å². The molecule has 2 aromatic carbocycles. The number of nitrogens with zero attached hydrogens (tertiary/aromatic N) is 3. The van der Waals surface area contributed by atoms with Crippen LogP contribution in [0.5, 0.6) is 0 Å². The Morgan fingerprint density at radius 1 is 1.03 bits per heavy atom. The van der Waals surface area contributed by atoms with Crippen molar-refractivity contribution in [1.29, 1.82) is 0 Å². The predicted molar refractivity (Wildman–Crippen MR) is 133 cm³/mol. The van der Waals surface area contributed by atoms with E-state index < -0.39 is 11.1 Å². The molecule has 5 rings (SSSR count). The van der Waals surface area contributed by atoms with Gasteiger partial charge in [0.2, 0.25) is 5.91 Å².